The Hall–Kier alpha value is -5.80. The highest BCUT2D eigenvalue weighted by molar-refractivity contribution is 7.00. The Morgan fingerprint density at radius 2 is 1.05 bits per heavy atom. The van der Waals surface area contributed by atoms with Gasteiger partial charge in [-0.2, -0.15) is 0 Å². The van der Waals surface area contributed by atoms with Gasteiger partial charge in [-0.05, 0) is 157 Å². The monoisotopic (exact) mass is 826 g/mol. The molecule has 2 aliphatic heterocycles. The number of hydrogen-bond acceptors (Lipinski definition) is 2. The van der Waals surface area contributed by atoms with E-state index in [4.69, 9.17) is 4.11 Å². The molecule has 7 aromatic rings. The lowest BCUT2D eigenvalue weighted by Crippen LogP contribution is -2.62. The molecule has 0 aromatic heterocycles. The predicted molar refractivity (Wildman–Crippen MR) is 273 cm³/mol. The minimum atomic E-state index is -2.38. The van der Waals surface area contributed by atoms with Gasteiger partial charge in [-0.3, -0.25) is 0 Å². The molecule has 3 aliphatic rings. The fourth-order valence-corrected chi connectivity index (χ4v) is 10.7. The molecule has 2 heterocycles. The first kappa shape index (κ1) is 37.7. The van der Waals surface area contributed by atoms with Crippen molar-refractivity contribution in [2.45, 2.75) is 118 Å². The number of aryl methyl sites for hydroxylation is 2. The van der Waals surface area contributed by atoms with Crippen molar-refractivity contribution >= 4 is 57.2 Å². The lowest BCUT2D eigenvalue weighted by molar-refractivity contribution is 0.332. The number of hydrogen-bond donors (Lipinski definition) is 0. The van der Waals surface area contributed by atoms with Crippen molar-refractivity contribution in [2.24, 2.45) is 0 Å². The van der Waals surface area contributed by atoms with Crippen LogP contribution in [0.15, 0.2) is 140 Å². The van der Waals surface area contributed by atoms with Gasteiger partial charge in [-0.1, -0.05) is 166 Å². The predicted octanol–water partition coefficient (Wildman–Crippen LogP) is 14.7. The van der Waals surface area contributed by atoms with Crippen LogP contribution in [0.5, 0.6) is 0 Å². The van der Waals surface area contributed by atoms with Crippen LogP contribution in [0.2, 0.25) is 0 Å². The maximum absolute atomic E-state index is 9.16. The summed E-state index contributed by atoms with van der Waals surface area (Å²) in [5, 5.41) is 0. The van der Waals surface area contributed by atoms with Gasteiger partial charge < -0.3 is 9.80 Å². The zero-order valence-electron chi connectivity index (χ0n) is 42.2. The Kier molecular flexibility index (Phi) is 8.60. The van der Waals surface area contributed by atoms with E-state index in [0.29, 0.717) is 5.56 Å². The van der Waals surface area contributed by atoms with Gasteiger partial charge in [0.05, 0.1) is 5.69 Å². The average Bonchev–Trinajstić information content (AvgIpc) is 3.27. The normalized spacial score (nSPS) is 16.9. The smallest absolute Gasteiger partial charge is 0.252 e. The molecule has 3 heteroatoms. The molecular formula is C60H63BN2. The molecule has 7 aromatic carbocycles. The minimum Gasteiger partial charge on any atom is -0.311 e. The van der Waals surface area contributed by atoms with E-state index in [2.05, 4.69) is 213 Å². The summed E-state index contributed by atoms with van der Waals surface area (Å²) >= 11 is 0. The second-order valence-electron chi connectivity index (χ2n) is 22.0. The van der Waals surface area contributed by atoms with Crippen LogP contribution in [0.1, 0.15) is 120 Å². The van der Waals surface area contributed by atoms with Gasteiger partial charge in [-0.25, -0.2) is 0 Å². The lowest BCUT2D eigenvalue weighted by atomic mass is 9.33. The summed E-state index contributed by atoms with van der Waals surface area (Å²) in [6.07, 6.45) is 2.20. The summed E-state index contributed by atoms with van der Waals surface area (Å²) in [7, 11) is 0. The average molecular weight is 826 g/mol. The molecule has 0 N–H and O–H groups in total. The number of fused-ring (bicyclic) bond motifs is 5. The van der Waals surface area contributed by atoms with E-state index < -0.39 is 6.85 Å². The van der Waals surface area contributed by atoms with Crippen LogP contribution in [0.25, 0.3) is 22.3 Å². The van der Waals surface area contributed by atoms with Crippen LogP contribution in [0.3, 0.4) is 0 Å². The first-order valence-corrected chi connectivity index (χ1v) is 23.0. The number of nitrogens with zero attached hydrogens (tertiary/aromatic N) is 2. The lowest BCUT2D eigenvalue weighted by Gasteiger charge is -2.48. The van der Waals surface area contributed by atoms with Crippen LogP contribution in [0.4, 0.5) is 34.1 Å². The van der Waals surface area contributed by atoms with Crippen LogP contribution in [-0.4, -0.2) is 6.71 Å². The molecule has 0 atom stereocenters. The van der Waals surface area contributed by atoms with Crippen molar-refractivity contribution in [2.75, 3.05) is 9.80 Å². The Bertz CT molecular complexity index is 3060. The highest BCUT2D eigenvalue weighted by atomic mass is 15.2. The van der Waals surface area contributed by atoms with Crippen molar-refractivity contribution in [1.29, 1.82) is 0 Å². The summed E-state index contributed by atoms with van der Waals surface area (Å²) < 4.78 is 27.5. The Morgan fingerprint density at radius 1 is 0.492 bits per heavy atom. The van der Waals surface area contributed by atoms with Crippen molar-refractivity contribution in [1.82, 2.24) is 0 Å². The summed E-state index contributed by atoms with van der Waals surface area (Å²) in [6.45, 7) is 22.9. The SMILES string of the molecule is [2H]C([2H])([2H])c1cc2c3c(c1)N(c1ccc(C(C)(C)C)cc1-c1ccccc1)c1cc(C(C)(C)C)ccc1B3c1cc3c(cc1N2c1cc(-c2ccccc2)ccc1C)C(C)(C)CCC3(C)C. The van der Waals surface area contributed by atoms with E-state index >= 15 is 0 Å². The van der Waals surface area contributed by atoms with Crippen molar-refractivity contribution < 1.29 is 4.11 Å². The highest BCUT2D eigenvalue weighted by Crippen LogP contribution is 2.52. The van der Waals surface area contributed by atoms with E-state index in [1.165, 1.54) is 33.2 Å². The maximum Gasteiger partial charge on any atom is 0.252 e. The maximum atomic E-state index is 9.16. The molecule has 0 saturated heterocycles. The summed E-state index contributed by atoms with van der Waals surface area (Å²) in [6, 6.07) is 51.2. The van der Waals surface area contributed by atoms with E-state index in [1.54, 1.807) is 0 Å². The Labute approximate surface area is 382 Å². The summed E-state index contributed by atoms with van der Waals surface area (Å²) in [5.41, 5.74) is 20.6. The van der Waals surface area contributed by atoms with Gasteiger partial charge in [0.1, 0.15) is 0 Å². The largest absolute Gasteiger partial charge is 0.311 e. The molecule has 0 amide bonds. The molecule has 0 unspecified atom stereocenters. The van der Waals surface area contributed by atoms with Crippen molar-refractivity contribution in [3.63, 3.8) is 0 Å². The van der Waals surface area contributed by atoms with E-state index in [9.17, 15) is 0 Å². The van der Waals surface area contributed by atoms with Crippen LogP contribution in [-0.2, 0) is 21.7 Å². The van der Waals surface area contributed by atoms with Crippen molar-refractivity contribution in [3.05, 3.63) is 173 Å². The quantitative estimate of drug-likeness (QED) is 0.163. The highest BCUT2D eigenvalue weighted by Gasteiger charge is 2.47. The van der Waals surface area contributed by atoms with Gasteiger partial charge in [-0.15, -0.1) is 0 Å². The fraction of sp³-hybridized carbons (Fsp3) is 0.300. The molecular weight excluding hydrogens is 759 g/mol. The molecule has 0 radical (unpaired) electrons. The van der Waals surface area contributed by atoms with Gasteiger partial charge in [0.2, 0.25) is 0 Å². The third-order valence-corrected chi connectivity index (χ3v) is 14.7. The molecule has 0 spiro atoms. The van der Waals surface area contributed by atoms with Crippen molar-refractivity contribution in [3.8, 4) is 22.3 Å². The summed E-state index contributed by atoms with van der Waals surface area (Å²) in [5.74, 6) is 0. The first-order chi connectivity index (χ1) is 31.0. The van der Waals surface area contributed by atoms with Gasteiger partial charge in [0.25, 0.3) is 6.71 Å². The molecule has 316 valence electrons. The second kappa shape index (κ2) is 14.4. The minimum absolute atomic E-state index is 0.0267. The molecule has 1 aliphatic carbocycles. The van der Waals surface area contributed by atoms with Gasteiger partial charge in [0.15, 0.2) is 0 Å². The standard InChI is InChI=1S/C60H63BN2/c1-38-31-54-56-55(32-38)63(51-33-42(24-23-39(51)2)40-19-15-13-16-20-40)53-37-47-46(59(9,10)29-30-60(47,11)12)36-49(53)61(56)48-27-25-44(58(6,7)8)35-52(48)62(54)50-28-26-43(57(3,4)5)34-45(50)41-21-17-14-18-22-41/h13-28,31-37H,29-30H2,1-12H3/i1D3. The molecule has 0 saturated carbocycles. The number of benzene rings is 7. The molecule has 10 rings (SSSR count). The second-order valence-corrected chi connectivity index (χ2v) is 22.0. The number of rotatable bonds is 4. The topological polar surface area (TPSA) is 6.48 Å². The Morgan fingerprint density at radius 3 is 1.67 bits per heavy atom. The molecule has 0 bridgehead atoms. The Balaban J connectivity index is 1.38. The summed E-state index contributed by atoms with van der Waals surface area (Å²) in [4.78, 5) is 4.86. The van der Waals surface area contributed by atoms with E-state index in [1.807, 2.05) is 12.1 Å². The van der Waals surface area contributed by atoms with Gasteiger partial charge >= 0.3 is 0 Å². The molecule has 2 nitrogen and oxygen atoms in total. The zero-order valence-corrected chi connectivity index (χ0v) is 39.2. The van der Waals surface area contributed by atoms with Crippen LogP contribution < -0.4 is 26.2 Å². The zero-order chi connectivity index (χ0) is 46.9. The van der Waals surface area contributed by atoms with Crippen LogP contribution in [0, 0.1) is 13.8 Å². The third kappa shape index (κ3) is 6.77. The third-order valence-electron chi connectivity index (χ3n) is 14.7. The number of anilines is 6. The molecule has 63 heavy (non-hydrogen) atoms. The van der Waals surface area contributed by atoms with Gasteiger partial charge in [0, 0.05) is 38.1 Å². The van der Waals surface area contributed by atoms with E-state index in [0.717, 1.165) is 80.2 Å². The molecule has 0 fully saturated rings. The fourth-order valence-electron chi connectivity index (χ4n) is 10.7. The first-order valence-electron chi connectivity index (χ1n) is 24.5. The van der Waals surface area contributed by atoms with Crippen LogP contribution >= 0.6 is 0 Å². The van der Waals surface area contributed by atoms with E-state index in [-0.39, 0.29) is 28.4 Å².